The number of aromatic amines is 1. The molecule has 3 nitrogen and oxygen atoms in total. The first-order valence-electron chi connectivity index (χ1n) is 2.79. The van der Waals surface area contributed by atoms with E-state index >= 15 is 0 Å². The average molecular weight is 166 g/mol. The van der Waals surface area contributed by atoms with Crippen LogP contribution < -0.4 is 5.69 Å². The van der Waals surface area contributed by atoms with Crippen molar-refractivity contribution >= 4 is 0 Å². The number of nitrogens with one attached hydrogen (secondary N) is 1. The molecule has 0 amide bonds. The Balaban J connectivity index is 2.80. The van der Waals surface area contributed by atoms with Gasteiger partial charge in [-0.2, -0.15) is 13.2 Å². The molecule has 0 fully saturated rings. The van der Waals surface area contributed by atoms with Gasteiger partial charge in [-0.15, -0.1) is 0 Å². The van der Waals surface area contributed by atoms with Crippen LogP contribution in [0.3, 0.4) is 0 Å². The normalized spacial score (nSPS) is 11.9. The minimum absolute atomic E-state index is 0.556. The summed E-state index contributed by atoms with van der Waals surface area (Å²) in [6.07, 6.45) is -2.13. The lowest BCUT2D eigenvalue weighted by Crippen LogP contribution is -2.25. The molecule has 6 heteroatoms. The van der Waals surface area contributed by atoms with Crippen molar-refractivity contribution in [3.63, 3.8) is 0 Å². The monoisotopic (exact) mass is 166 g/mol. The molecule has 1 N–H and O–H groups in total. The predicted molar refractivity (Wildman–Crippen MR) is 31.1 cm³/mol. The number of hydrogen-bond acceptors (Lipinski definition) is 1. The Bertz CT molecular complexity index is 284. The van der Waals surface area contributed by atoms with Crippen LogP contribution in [0, 0.1) is 0 Å². The number of H-pyrrole nitrogens is 1. The molecule has 0 bridgehead atoms. The molecule has 0 aliphatic heterocycles. The zero-order valence-electron chi connectivity index (χ0n) is 5.35. The van der Waals surface area contributed by atoms with Crippen molar-refractivity contribution in [1.29, 1.82) is 0 Å². The van der Waals surface area contributed by atoms with E-state index in [1.54, 1.807) is 0 Å². The highest BCUT2D eigenvalue weighted by molar-refractivity contribution is 4.76. The molecule has 0 spiro atoms. The van der Waals surface area contributed by atoms with Crippen molar-refractivity contribution < 1.29 is 13.2 Å². The van der Waals surface area contributed by atoms with Crippen LogP contribution in [-0.2, 0) is 6.54 Å². The first-order valence-corrected chi connectivity index (χ1v) is 2.79. The van der Waals surface area contributed by atoms with Gasteiger partial charge in [0.25, 0.3) is 0 Å². The van der Waals surface area contributed by atoms with E-state index in [0.717, 1.165) is 12.4 Å². The Kier molecular flexibility index (Phi) is 1.76. The number of halogens is 3. The first kappa shape index (κ1) is 7.90. The van der Waals surface area contributed by atoms with Gasteiger partial charge < -0.3 is 4.98 Å². The van der Waals surface area contributed by atoms with Crippen molar-refractivity contribution in [3.8, 4) is 0 Å². The Morgan fingerprint density at radius 2 is 2.18 bits per heavy atom. The first-order chi connectivity index (χ1) is 4.99. The molecule has 0 aliphatic carbocycles. The highest BCUT2D eigenvalue weighted by Gasteiger charge is 2.28. The molecule has 1 rings (SSSR count). The molecule has 0 aliphatic rings. The highest BCUT2D eigenvalue weighted by Crippen LogP contribution is 2.15. The van der Waals surface area contributed by atoms with Gasteiger partial charge in [-0.05, 0) is 0 Å². The predicted octanol–water partition coefficient (Wildman–Crippen LogP) is 0.739. The van der Waals surface area contributed by atoms with Gasteiger partial charge in [0, 0.05) is 12.4 Å². The molecule has 0 saturated heterocycles. The van der Waals surface area contributed by atoms with Gasteiger partial charge in [-0.1, -0.05) is 0 Å². The molecule has 0 radical (unpaired) electrons. The molecule has 0 saturated carbocycles. The lowest BCUT2D eigenvalue weighted by molar-refractivity contribution is -0.141. The maximum absolute atomic E-state index is 11.6. The van der Waals surface area contributed by atoms with Gasteiger partial charge in [-0.3, -0.25) is 4.57 Å². The van der Waals surface area contributed by atoms with E-state index < -0.39 is 18.4 Å². The lowest BCUT2D eigenvalue weighted by Gasteiger charge is -2.04. The third-order valence-electron chi connectivity index (χ3n) is 1.07. The van der Waals surface area contributed by atoms with Crippen molar-refractivity contribution in [3.05, 3.63) is 22.9 Å². The van der Waals surface area contributed by atoms with Crippen molar-refractivity contribution in [2.24, 2.45) is 0 Å². The van der Waals surface area contributed by atoms with Gasteiger partial charge in [0.1, 0.15) is 6.54 Å². The maximum atomic E-state index is 11.6. The summed E-state index contributed by atoms with van der Waals surface area (Å²) in [5, 5.41) is 0. The third kappa shape index (κ3) is 2.14. The molecule has 0 unspecified atom stereocenters. The molecule has 1 heterocycles. The van der Waals surface area contributed by atoms with Gasteiger partial charge in [0.05, 0.1) is 0 Å². The van der Waals surface area contributed by atoms with E-state index in [0.29, 0.717) is 4.57 Å². The van der Waals surface area contributed by atoms with Crippen LogP contribution in [-0.4, -0.2) is 15.7 Å². The van der Waals surface area contributed by atoms with E-state index in [1.165, 1.54) is 0 Å². The maximum Gasteiger partial charge on any atom is 0.406 e. The van der Waals surface area contributed by atoms with Crippen LogP contribution in [0.15, 0.2) is 17.2 Å². The number of alkyl halides is 3. The summed E-state index contributed by atoms with van der Waals surface area (Å²) in [5.74, 6) is 0. The van der Waals surface area contributed by atoms with E-state index in [-0.39, 0.29) is 0 Å². The zero-order valence-corrected chi connectivity index (χ0v) is 5.35. The molecule has 1 aromatic rings. The molecule has 62 valence electrons. The van der Waals surface area contributed by atoms with Crippen LogP contribution >= 0.6 is 0 Å². The second kappa shape index (κ2) is 2.44. The number of rotatable bonds is 1. The van der Waals surface area contributed by atoms with Gasteiger partial charge in [0.15, 0.2) is 0 Å². The zero-order chi connectivity index (χ0) is 8.48. The fraction of sp³-hybridized carbons (Fsp3) is 0.400. The van der Waals surface area contributed by atoms with Crippen molar-refractivity contribution in [2.75, 3.05) is 0 Å². The van der Waals surface area contributed by atoms with Crippen LogP contribution in [0.4, 0.5) is 13.2 Å². The molecule has 0 aromatic carbocycles. The van der Waals surface area contributed by atoms with Crippen LogP contribution in [0.25, 0.3) is 0 Å². The van der Waals surface area contributed by atoms with Crippen LogP contribution in [0.2, 0.25) is 0 Å². The summed E-state index contributed by atoms with van der Waals surface area (Å²) in [6.45, 7) is -1.24. The third-order valence-corrected chi connectivity index (χ3v) is 1.07. The van der Waals surface area contributed by atoms with E-state index in [4.69, 9.17) is 0 Å². The number of hydrogen-bond donors (Lipinski definition) is 1. The summed E-state index contributed by atoms with van der Waals surface area (Å²) in [7, 11) is 0. The highest BCUT2D eigenvalue weighted by atomic mass is 19.4. The standard InChI is InChI=1S/C5H5F3N2O/c6-5(7,8)3-10-2-1-9-4(10)11/h1-2H,3H2,(H,9,11). The fourth-order valence-corrected chi connectivity index (χ4v) is 0.667. The second-order valence-electron chi connectivity index (χ2n) is 2.01. The summed E-state index contributed by atoms with van der Waals surface area (Å²) in [4.78, 5) is 12.6. The Labute approximate surface area is 59.5 Å². The molecular weight excluding hydrogens is 161 g/mol. The van der Waals surface area contributed by atoms with Crippen molar-refractivity contribution in [2.45, 2.75) is 12.7 Å². The Hall–Kier alpha value is -1.20. The molecule has 0 atom stereocenters. The topological polar surface area (TPSA) is 37.8 Å². The molecular formula is C5H5F3N2O. The van der Waals surface area contributed by atoms with E-state index in [2.05, 4.69) is 4.98 Å². The van der Waals surface area contributed by atoms with Gasteiger partial charge in [0.2, 0.25) is 0 Å². The van der Waals surface area contributed by atoms with Crippen molar-refractivity contribution in [1.82, 2.24) is 9.55 Å². The number of imidazole rings is 1. The summed E-state index contributed by atoms with van der Waals surface area (Å²) < 4.78 is 35.4. The largest absolute Gasteiger partial charge is 0.406 e. The second-order valence-corrected chi connectivity index (χ2v) is 2.01. The summed E-state index contributed by atoms with van der Waals surface area (Å²) in [5.41, 5.74) is -0.748. The SMILES string of the molecule is O=c1[nH]ccn1CC(F)(F)F. The van der Waals surface area contributed by atoms with Gasteiger partial charge in [-0.25, -0.2) is 4.79 Å². The number of nitrogens with zero attached hydrogens (tertiary/aromatic N) is 1. The average Bonchev–Trinajstić information content (AvgIpc) is 2.12. The number of aromatic nitrogens is 2. The van der Waals surface area contributed by atoms with E-state index in [1.807, 2.05) is 0 Å². The lowest BCUT2D eigenvalue weighted by atomic mass is 10.6. The minimum atomic E-state index is -4.34. The fourth-order valence-electron chi connectivity index (χ4n) is 0.667. The van der Waals surface area contributed by atoms with Crippen LogP contribution in [0.1, 0.15) is 0 Å². The summed E-state index contributed by atoms with van der Waals surface area (Å²) in [6, 6.07) is 0. The summed E-state index contributed by atoms with van der Waals surface area (Å²) >= 11 is 0. The quantitative estimate of drug-likeness (QED) is 0.656. The molecule has 11 heavy (non-hydrogen) atoms. The Morgan fingerprint density at radius 3 is 2.55 bits per heavy atom. The molecule has 1 aromatic heterocycles. The minimum Gasteiger partial charge on any atom is -0.313 e. The smallest absolute Gasteiger partial charge is 0.313 e. The van der Waals surface area contributed by atoms with Gasteiger partial charge >= 0.3 is 11.9 Å². The van der Waals surface area contributed by atoms with E-state index in [9.17, 15) is 18.0 Å². The Morgan fingerprint density at radius 1 is 1.55 bits per heavy atom. The van der Waals surface area contributed by atoms with Crippen LogP contribution in [0.5, 0.6) is 0 Å².